The van der Waals surface area contributed by atoms with Crippen molar-refractivity contribution in [3.63, 3.8) is 0 Å². The molecule has 1 aliphatic heterocycles. The van der Waals surface area contributed by atoms with Crippen LogP contribution in [-0.4, -0.2) is 43.8 Å². The van der Waals surface area contributed by atoms with Crippen LogP contribution in [0.25, 0.3) is 16.8 Å². The van der Waals surface area contributed by atoms with Crippen molar-refractivity contribution in [3.8, 4) is 22.8 Å². The van der Waals surface area contributed by atoms with Crippen LogP contribution < -0.4 is 14.4 Å². The summed E-state index contributed by atoms with van der Waals surface area (Å²) in [4.78, 5) is 13.0. The van der Waals surface area contributed by atoms with E-state index in [2.05, 4.69) is 12.2 Å². The number of rotatable bonds is 5. The predicted molar refractivity (Wildman–Crippen MR) is 140 cm³/mol. The number of aromatic nitrogens is 2. The van der Waals surface area contributed by atoms with Gasteiger partial charge in [0.05, 0.1) is 29.2 Å². The van der Waals surface area contributed by atoms with E-state index in [1.165, 1.54) is 22.7 Å². The fourth-order valence-corrected chi connectivity index (χ4v) is 5.70. The zero-order valence-corrected chi connectivity index (χ0v) is 21.5. The Labute approximate surface area is 214 Å². The highest BCUT2D eigenvalue weighted by atomic mass is 32.2. The fraction of sp³-hybridized carbons (Fsp3) is 0.259. The van der Waals surface area contributed by atoms with Crippen LogP contribution >= 0.6 is 0 Å². The topological polar surface area (TPSA) is 93.0 Å². The van der Waals surface area contributed by atoms with Crippen molar-refractivity contribution in [1.82, 2.24) is 14.9 Å². The molecular formula is C27H27FN4O4S. The fourth-order valence-electron chi connectivity index (χ4n) is 4.73. The van der Waals surface area contributed by atoms with Gasteiger partial charge in [0.15, 0.2) is 0 Å². The Bertz CT molecular complexity index is 1580. The number of hydrogen-bond acceptors (Lipinski definition) is 5. The van der Waals surface area contributed by atoms with Gasteiger partial charge in [0, 0.05) is 19.2 Å². The zero-order chi connectivity index (χ0) is 26.3. The second kappa shape index (κ2) is 9.51. The van der Waals surface area contributed by atoms with Crippen molar-refractivity contribution in [2.24, 2.45) is 0 Å². The Morgan fingerprint density at radius 3 is 2.38 bits per heavy atom. The molecule has 1 amide bonds. The van der Waals surface area contributed by atoms with Crippen LogP contribution in [0.15, 0.2) is 60.8 Å². The molecule has 192 valence electrons. The molecule has 0 fully saturated rings. The Balaban J connectivity index is 1.61. The average molecular weight is 523 g/mol. The number of sulfonamides is 1. The van der Waals surface area contributed by atoms with Crippen LogP contribution in [0.5, 0.6) is 11.5 Å². The molecule has 0 radical (unpaired) electrons. The number of ether oxygens (including phenoxy) is 1. The van der Waals surface area contributed by atoms with Gasteiger partial charge < -0.3 is 10.1 Å². The minimum atomic E-state index is -3.49. The Morgan fingerprint density at radius 1 is 1.11 bits per heavy atom. The molecule has 1 aliphatic rings. The molecule has 10 heteroatoms. The van der Waals surface area contributed by atoms with Gasteiger partial charge in [-0.05, 0) is 78.9 Å². The summed E-state index contributed by atoms with van der Waals surface area (Å²) >= 11 is 0. The largest absolute Gasteiger partial charge is 0.457 e. The zero-order valence-electron chi connectivity index (χ0n) is 20.7. The first-order valence-electron chi connectivity index (χ1n) is 12.0. The lowest BCUT2D eigenvalue weighted by molar-refractivity contribution is 0.0965. The average Bonchev–Trinajstić information content (AvgIpc) is 3.16. The third kappa shape index (κ3) is 4.76. The first-order chi connectivity index (χ1) is 17.7. The van der Waals surface area contributed by atoms with Crippen molar-refractivity contribution in [2.75, 3.05) is 24.2 Å². The van der Waals surface area contributed by atoms with Gasteiger partial charge in [-0.15, -0.1) is 0 Å². The maximum Gasteiger partial charge on any atom is 0.255 e. The number of halogens is 1. The predicted octanol–water partition coefficient (Wildman–Crippen LogP) is 4.96. The minimum Gasteiger partial charge on any atom is -0.457 e. The smallest absolute Gasteiger partial charge is 0.255 e. The lowest BCUT2D eigenvalue weighted by Gasteiger charge is -2.23. The summed E-state index contributed by atoms with van der Waals surface area (Å²) in [5, 5.41) is 7.41. The molecule has 5 rings (SSSR count). The standard InChI is InChI=1S/C27H27FN4O4S/c1-17-5-4-14-32(37(3,34)35)24-16-31-23(15-22(17)24)25(27(33)29-2)26(30-31)18-6-10-20(11-7-18)36-21-12-8-19(28)9-13-21/h6-13,15-17H,4-5,14H2,1-3H3,(H,29,33). The molecule has 0 saturated heterocycles. The Hall–Kier alpha value is -3.92. The molecule has 1 N–H and O–H groups in total. The van der Waals surface area contributed by atoms with Crippen LogP contribution in [0.2, 0.25) is 0 Å². The van der Waals surface area contributed by atoms with Crippen LogP contribution in [0.3, 0.4) is 0 Å². The Morgan fingerprint density at radius 2 is 1.76 bits per heavy atom. The van der Waals surface area contributed by atoms with E-state index in [0.29, 0.717) is 46.1 Å². The first kappa shape index (κ1) is 24.8. The van der Waals surface area contributed by atoms with Gasteiger partial charge in [0.25, 0.3) is 5.91 Å². The van der Waals surface area contributed by atoms with E-state index in [1.54, 1.807) is 54.2 Å². The first-order valence-corrected chi connectivity index (χ1v) is 13.8. The molecule has 2 aromatic heterocycles. The van der Waals surface area contributed by atoms with E-state index in [1.807, 2.05) is 6.07 Å². The molecule has 8 nitrogen and oxygen atoms in total. The van der Waals surface area contributed by atoms with E-state index < -0.39 is 10.0 Å². The van der Waals surface area contributed by atoms with Crippen LogP contribution in [0, 0.1) is 5.82 Å². The summed E-state index contributed by atoms with van der Waals surface area (Å²) in [6, 6.07) is 14.7. The van der Waals surface area contributed by atoms with Gasteiger partial charge in [-0.3, -0.25) is 9.10 Å². The molecule has 0 bridgehead atoms. The van der Waals surface area contributed by atoms with E-state index in [-0.39, 0.29) is 17.6 Å². The number of carbonyl (C=O) groups excluding carboxylic acids is 1. The van der Waals surface area contributed by atoms with E-state index in [4.69, 9.17) is 9.84 Å². The third-order valence-electron chi connectivity index (χ3n) is 6.61. The van der Waals surface area contributed by atoms with Gasteiger partial charge in [0.1, 0.15) is 23.0 Å². The van der Waals surface area contributed by atoms with Crippen molar-refractivity contribution in [2.45, 2.75) is 25.7 Å². The van der Waals surface area contributed by atoms with Gasteiger partial charge in [-0.2, -0.15) is 5.10 Å². The number of fused-ring (bicyclic) bond motifs is 2. The summed E-state index contributed by atoms with van der Waals surface area (Å²) < 4.78 is 47.1. The Kier molecular flexibility index (Phi) is 6.36. The van der Waals surface area contributed by atoms with Crippen LogP contribution in [-0.2, 0) is 10.0 Å². The highest BCUT2D eigenvalue weighted by Crippen LogP contribution is 2.38. The van der Waals surface area contributed by atoms with E-state index in [0.717, 1.165) is 18.4 Å². The molecule has 2 aromatic carbocycles. The van der Waals surface area contributed by atoms with E-state index in [9.17, 15) is 17.6 Å². The summed E-state index contributed by atoms with van der Waals surface area (Å²) in [6.45, 7) is 2.46. The number of nitrogens with zero attached hydrogens (tertiary/aromatic N) is 3. The monoisotopic (exact) mass is 522 g/mol. The van der Waals surface area contributed by atoms with Crippen molar-refractivity contribution < 1.29 is 22.3 Å². The second-order valence-electron chi connectivity index (χ2n) is 9.21. The SMILES string of the molecule is CNC(=O)c1c(-c2ccc(Oc3ccc(F)cc3)cc2)nn2cc3c(cc12)C(C)CCCN3S(C)(=O)=O. The number of carbonyl (C=O) groups is 1. The molecule has 1 atom stereocenters. The summed E-state index contributed by atoms with van der Waals surface area (Å²) in [5.41, 5.74) is 3.61. The summed E-state index contributed by atoms with van der Waals surface area (Å²) in [7, 11) is -1.92. The number of anilines is 1. The lowest BCUT2D eigenvalue weighted by Crippen LogP contribution is -2.31. The molecule has 3 heterocycles. The number of nitrogens with one attached hydrogen (secondary N) is 1. The minimum absolute atomic E-state index is 0.116. The second-order valence-corrected chi connectivity index (χ2v) is 11.1. The highest BCUT2D eigenvalue weighted by molar-refractivity contribution is 7.92. The van der Waals surface area contributed by atoms with Gasteiger partial charge in [-0.25, -0.2) is 17.3 Å². The third-order valence-corrected chi connectivity index (χ3v) is 7.79. The van der Waals surface area contributed by atoms with E-state index >= 15 is 0 Å². The van der Waals surface area contributed by atoms with Gasteiger partial charge in [-0.1, -0.05) is 6.92 Å². The van der Waals surface area contributed by atoms with Gasteiger partial charge in [0.2, 0.25) is 10.0 Å². The molecule has 4 aromatic rings. The lowest BCUT2D eigenvalue weighted by atomic mass is 9.96. The molecular weight excluding hydrogens is 495 g/mol. The van der Waals surface area contributed by atoms with Gasteiger partial charge >= 0.3 is 0 Å². The highest BCUT2D eigenvalue weighted by Gasteiger charge is 2.29. The van der Waals surface area contributed by atoms with Crippen molar-refractivity contribution >= 4 is 27.1 Å². The maximum atomic E-state index is 13.2. The van der Waals surface area contributed by atoms with Crippen LogP contribution in [0.4, 0.5) is 10.1 Å². The summed E-state index contributed by atoms with van der Waals surface area (Å²) in [6.07, 6.45) is 4.48. The normalized spacial score (nSPS) is 15.8. The number of hydrogen-bond donors (Lipinski definition) is 1. The molecule has 0 saturated carbocycles. The molecule has 1 unspecified atom stereocenters. The number of pyridine rings is 1. The summed E-state index contributed by atoms with van der Waals surface area (Å²) in [5.74, 6) is 0.523. The quantitative estimate of drug-likeness (QED) is 0.400. The number of amides is 1. The molecule has 0 aliphatic carbocycles. The number of benzene rings is 2. The van der Waals surface area contributed by atoms with Crippen molar-refractivity contribution in [3.05, 3.63) is 77.7 Å². The molecule has 0 spiro atoms. The maximum absolute atomic E-state index is 13.2. The van der Waals surface area contributed by atoms with Crippen LogP contribution in [0.1, 0.15) is 41.6 Å². The van der Waals surface area contributed by atoms with Crippen molar-refractivity contribution in [1.29, 1.82) is 0 Å². The molecule has 37 heavy (non-hydrogen) atoms.